The van der Waals surface area contributed by atoms with Gasteiger partial charge in [-0.15, -0.1) is 0 Å². The van der Waals surface area contributed by atoms with Gasteiger partial charge in [-0.2, -0.15) is 0 Å². The number of methoxy groups -OCH3 is 2. The van der Waals surface area contributed by atoms with E-state index in [2.05, 4.69) is 20.1 Å². The first-order valence-corrected chi connectivity index (χ1v) is 10.6. The van der Waals surface area contributed by atoms with Gasteiger partial charge in [-0.05, 0) is 63.8 Å². The zero-order valence-electron chi connectivity index (χ0n) is 19.4. The summed E-state index contributed by atoms with van der Waals surface area (Å²) in [5.41, 5.74) is 0.994. The lowest BCUT2D eigenvalue weighted by molar-refractivity contribution is -0.138. The van der Waals surface area contributed by atoms with Gasteiger partial charge in [0.05, 0.1) is 20.3 Å². The number of anilines is 2. The average molecular weight is 448 g/mol. The van der Waals surface area contributed by atoms with Crippen LogP contribution in [0.15, 0.2) is 36.0 Å². The predicted octanol–water partition coefficient (Wildman–Crippen LogP) is 3.39. The number of carbonyl (C=O) groups excluding carboxylic acids is 3. The minimum atomic E-state index is -0.676. The molecule has 0 spiro atoms. The first-order valence-electron chi connectivity index (χ1n) is 10.6. The summed E-state index contributed by atoms with van der Waals surface area (Å²) in [7, 11) is 2.46. The molecule has 1 aromatic carbocycles. The Morgan fingerprint density at radius 2 is 1.75 bits per heavy atom. The van der Waals surface area contributed by atoms with Crippen LogP contribution in [-0.2, 0) is 23.8 Å². The highest BCUT2D eigenvalue weighted by Crippen LogP contribution is 2.21. The van der Waals surface area contributed by atoms with E-state index in [0.29, 0.717) is 24.7 Å². The number of amides is 1. The minimum Gasteiger partial charge on any atom is -0.466 e. The lowest BCUT2D eigenvalue weighted by atomic mass is 9.98. The van der Waals surface area contributed by atoms with E-state index >= 15 is 0 Å². The molecule has 0 bridgehead atoms. The van der Waals surface area contributed by atoms with Crippen molar-refractivity contribution in [3.8, 4) is 0 Å². The zero-order valence-corrected chi connectivity index (χ0v) is 19.4. The molecule has 1 unspecified atom stereocenters. The number of rotatable bonds is 7. The molecule has 1 amide bonds. The van der Waals surface area contributed by atoms with Crippen molar-refractivity contribution in [1.29, 1.82) is 0 Å². The minimum absolute atomic E-state index is 0.0236. The average Bonchev–Trinajstić information content (AvgIpc) is 2.76. The molecule has 1 aliphatic heterocycles. The van der Waals surface area contributed by atoms with E-state index < -0.39 is 17.5 Å². The summed E-state index contributed by atoms with van der Waals surface area (Å²) in [6.07, 6.45) is 2.75. The first-order chi connectivity index (χ1) is 15.1. The van der Waals surface area contributed by atoms with Crippen molar-refractivity contribution in [3.63, 3.8) is 0 Å². The molecule has 32 heavy (non-hydrogen) atoms. The lowest BCUT2D eigenvalue weighted by Gasteiger charge is -2.34. The van der Waals surface area contributed by atoms with E-state index in [1.165, 1.54) is 14.2 Å². The second-order valence-corrected chi connectivity index (χ2v) is 8.59. The lowest BCUT2D eigenvalue weighted by Crippen LogP contribution is -2.44. The van der Waals surface area contributed by atoms with Gasteiger partial charge >= 0.3 is 18.0 Å². The Morgan fingerprint density at radius 1 is 1.09 bits per heavy atom. The van der Waals surface area contributed by atoms with Gasteiger partial charge in [0.25, 0.3) is 0 Å². The molecule has 1 aromatic rings. The topological polar surface area (TPSA) is 106 Å². The molecule has 1 atom stereocenters. The van der Waals surface area contributed by atoms with Crippen molar-refractivity contribution in [2.45, 2.75) is 39.2 Å². The summed E-state index contributed by atoms with van der Waals surface area (Å²) in [5, 5.41) is 6.26. The van der Waals surface area contributed by atoms with Crippen molar-refractivity contribution >= 4 is 29.4 Å². The number of esters is 2. The second kappa shape index (κ2) is 11.4. The van der Waals surface area contributed by atoms with Crippen LogP contribution in [-0.4, -0.2) is 62.4 Å². The van der Waals surface area contributed by atoms with Gasteiger partial charge in [-0.3, -0.25) is 0 Å². The number of ether oxygens (including phenoxy) is 3. The normalized spacial score (nSPS) is 16.7. The molecule has 0 saturated carbocycles. The highest BCUT2D eigenvalue weighted by Gasteiger charge is 2.27. The molecule has 0 aliphatic carbocycles. The number of hydrogen-bond acceptors (Lipinski definition) is 8. The van der Waals surface area contributed by atoms with E-state index in [1.54, 1.807) is 17.0 Å². The monoisotopic (exact) mass is 447 g/mol. The summed E-state index contributed by atoms with van der Waals surface area (Å²) < 4.78 is 14.7. The molecule has 0 radical (unpaired) electrons. The standard InChI is InChI=1S/C23H33N3O6/c1-23(2,3)32-22(29)26-12-6-7-16(15-26)14-24-17-8-10-18(11-9-17)25-19(21(28)31-5)13-20(27)30-4/h8-11,13,16,24-25H,6-7,12,14-15H2,1-5H3/b19-13+. The Kier molecular flexibility index (Phi) is 8.92. The maximum Gasteiger partial charge on any atom is 0.410 e. The fraction of sp³-hybridized carbons (Fsp3) is 0.522. The van der Waals surface area contributed by atoms with Gasteiger partial charge in [-0.25, -0.2) is 14.4 Å². The Balaban J connectivity index is 1.91. The number of nitrogens with zero attached hydrogens (tertiary/aromatic N) is 1. The molecule has 1 aliphatic rings. The van der Waals surface area contributed by atoms with Crippen molar-refractivity contribution in [1.82, 2.24) is 4.90 Å². The number of benzene rings is 1. The van der Waals surface area contributed by atoms with Crippen molar-refractivity contribution in [2.75, 3.05) is 44.5 Å². The van der Waals surface area contributed by atoms with Gasteiger partial charge < -0.3 is 29.7 Å². The van der Waals surface area contributed by atoms with E-state index in [9.17, 15) is 14.4 Å². The fourth-order valence-electron chi connectivity index (χ4n) is 3.25. The Hall–Kier alpha value is -3.23. The highest BCUT2D eigenvalue weighted by atomic mass is 16.6. The largest absolute Gasteiger partial charge is 0.466 e. The number of hydrogen-bond donors (Lipinski definition) is 2. The molecule has 1 heterocycles. The Labute approximate surface area is 189 Å². The maximum absolute atomic E-state index is 12.3. The Bertz CT molecular complexity index is 829. The summed E-state index contributed by atoms with van der Waals surface area (Å²) >= 11 is 0. The van der Waals surface area contributed by atoms with Crippen LogP contribution in [0.25, 0.3) is 0 Å². The molecule has 2 rings (SSSR count). The highest BCUT2D eigenvalue weighted by molar-refractivity contribution is 5.98. The molecular formula is C23H33N3O6. The third-order valence-electron chi connectivity index (χ3n) is 4.80. The second-order valence-electron chi connectivity index (χ2n) is 8.59. The van der Waals surface area contributed by atoms with Crippen molar-refractivity contribution in [2.24, 2.45) is 5.92 Å². The van der Waals surface area contributed by atoms with Gasteiger partial charge in [0.15, 0.2) is 0 Å². The number of carbonyl (C=O) groups is 3. The fourth-order valence-corrected chi connectivity index (χ4v) is 3.25. The smallest absolute Gasteiger partial charge is 0.410 e. The quantitative estimate of drug-likeness (QED) is 0.372. The van der Waals surface area contributed by atoms with Gasteiger partial charge in [0.1, 0.15) is 11.3 Å². The van der Waals surface area contributed by atoms with Crippen LogP contribution in [0.5, 0.6) is 0 Å². The van der Waals surface area contributed by atoms with Crippen LogP contribution in [0.1, 0.15) is 33.6 Å². The number of nitrogens with one attached hydrogen (secondary N) is 2. The first kappa shape index (κ1) is 25.0. The summed E-state index contributed by atoms with van der Waals surface area (Å²) in [4.78, 5) is 37.4. The van der Waals surface area contributed by atoms with Gasteiger partial charge in [0.2, 0.25) is 0 Å². The van der Waals surface area contributed by atoms with E-state index in [0.717, 1.165) is 31.1 Å². The van der Waals surface area contributed by atoms with Crippen LogP contribution in [0, 0.1) is 5.92 Å². The summed E-state index contributed by atoms with van der Waals surface area (Å²) in [5.74, 6) is -1.02. The van der Waals surface area contributed by atoms with E-state index in [4.69, 9.17) is 4.74 Å². The third-order valence-corrected chi connectivity index (χ3v) is 4.80. The Morgan fingerprint density at radius 3 is 2.34 bits per heavy atom. The zero-order chi connectivity index (χ0) is 23.7. The third kappa shape index (κ3) is 8.13. The maximum atomic E-state index is 12.3. The van der Waals surface area contributed by atoms with Crippen molar-refractivity contribution < 1.29 is 28.6 Å². The predicted molar refractivity (Wildman–Crippen MR) is 121 cm³/mol. The van der Waals surface area contributed by atoms with Crippen LogP contribution in [0.4, 0.5) is 16.2 Å². The van der Waals surface area contributed by atoms with Crippen LogP contribution >= 0.6 is 0 Å². The molecule has 0 aromatic heterocycles. The molecule has 9 heteroatoms. The number of likely N-dealkylation sites (tertiary alicyclic amines) is 1. The SMILES string of the molecule is COC(=O)/C=C(/Nc1ccc(NCC2CCCN(C(=O)OC(C)(C)C)C2)cc1)C(=O)OC. The van der Waals surface area contributed by atoms with Crippen LogP contribution in [0.2, 0.25) is 0 Å². The molecule has 9 nitrogen and oxygen atoms in total. The molecule has 2 N–H and O–H groups in total. The molecular weight excluding hydrogens is 414 g/mol. The summed E-state index contributed by atoms with van der Waals surface area (Å²) in [6.45, 7) is 7.70. The molecule has 176 valence electrons. The van der Waals surface area contributed by atoms with E-state index in [1.807, 2.05) is 32.9 Å². The van der Waals surface area contributed by atoms with Crippen molar-refractivity contribution in [3.05, 3.63) is 36.0 Å². The summed E-state index contributed by atoms with van der Waals surface area (Å²) in [6, 6.07) is 7.29. The van der Waals surface area contributed by atoms with Crippen LogP contribution < -0.4 is 10.6 Å². The molecule has 1 saturated heterocycles. The van der Waals surface area contributed by atoms with Gasteiger partial charge in [-0.1, -0.05) is 0 Å². The molecule has 1 fully saturated rings. The van der Waals surface area contributed by atoms with Gasteiger partial charge in [0, 0.05) is 31.0 Å². The van der Waals surface area contributed by atoms with Crippen LogP contribution in [0.3, 0.4) is 0 Å². The number of piperidine rings is 1. The van der Waals surface area contributed by atoms with E-state index in [-0.39, 0.29) is 11.8 Å².